The summed E-state index contributed by atoms with van der Waals surface area (Å²) in [5.41, 5.74) is 4.48. The van der Waals surface area contributed by atoms with Crippen LogP contribution in [0, 0.1) is 0 Å². The van der Waals surface area contributed by atoms with Crippen molar-refractivity contribution in [1.82, 2.24) is 19.9 Å². The van der Waals surface area contributed by atoms with Crippen LogP contribution in [0.3, 0.4) is 0 Å². The molecule has 1 aromatic heterocycles. The summed E-state index contributed by atoms with van der Waals surface area (Å²) in [6, 6.07) is 13.8. The monoisotopic (exact) mass is 404 g/mol. The van der Waals surface area contributed by atoms with E-state index >= 15 is 0 Å². The van der Waals surface area contributed by atoms with Crippen LogP contribution in [-0.2, 0) is 20.1 Å². The Labute approximate surface area is 174 Å². The number of aliphatic hydroxyl groups is 1. The number of nitrogens with zero attached hydrogens (tertiary/aromatic N) is 4. The molecule has 1 saturated carbocycles. The lowest BCUT2D eigenvalue weighted by Gasteiger charge is -2.19. The minimum Gasteiger partial charge on any atom is -0.487 e. The van der Waals surface area contributed by atoms with Crippen LogP contribution in [0.2, 0.25) is 0 Å². The third kappa shape index (κ3) is 3.45. The lowest BCUT2D eigenvalue weighted by atomic mass is 10.1. The molecule has 1 N–H and O–H groups in total. The molecule has 2 aromatic carbocycles. The predicted octanol–water partition coefficient (Wildman–Crippen LogP) is 2.93. The maximum atomic E-state index is 13.1. The molecular formula is C23H24N4O3. The van der Waals surface area contributed by atoms with Crippen molar-refractivity contribution in [3.8, 4) is 17.0 Å². The van der Waals surface area contributed by atoms with Gasteiger partial charge in [0.1, 0.15) is 17.5 Å². The number of benzene rings is 2. The van der Waals surface area contributed by atoms with Gasteiger partial charge in [-0.25, -0.2) is 0 Å². The van der Waals surface area contributed by atoms with E-state index < -0.39 is 6.10 Å². The maximum absolute atomic E-state index is 13.1. The van der Waals surface area contributed by atoms with Crippen molar-refractivity contribution >= 4 is 5.91 Å². The van der Waals surface area contributed by atoms with Gasteiger partial charge >= 0.3 is 0 Å². The lowest BCUT2D eigenvalue weighted by Crippen LogP contribution is -2.27. The molecule has 7 nitrogen and oxygen atoms in total. The van der Waals surface area contributed by atoms with Crippen LogP contribution in [0.5, 0.6) is 5.75 Å². The number of ether oxygens (including phenoxy) is 1. The molecule has 0 unspecified atom stereocenters. The van der Waals surface area contributed by atoms with E-state index in [0.717, 1.165) is 41.6 Å². The number of aromatic nitrogens is 3. The molecule has 0 bridgehead atoms. The topological polar surface area (TPSA) is 80.5 Å². The summed E-state index contributed by atoms with van der Waals surface area (Å²) in [6.07, 6.45) is 3.71. The SMILES string of the molecule is Cn1cc(-c2ccc(CN3Cc4cccc(O[C@@H]5CCC[C@H]5O)c4C3=O)cc2)nn1. The van der Waals surface area contributed by atoms with Crippen molar-refractivity contribution in [1.29, 1.82) is 0 Å². The van der Waals surface area contributed by atoms with Gasteiger partial charge in [0, 0.05) is 25.7 Å². The molecule has 30 heavy (non-hydrogen) atoms. The van der Waals surface area contributed by atoms with Gasteiger partial charge in [-0.15, -0.1) is 5.10 Å². The Balaban J connectivity index is 1.31. The molecular weight excluding hydrogens is 380 g/mol. The molecule has 0 radical (unpaired) electrons. The van der Waals surface area contributed by atoms with Gasteiger partial charge in [0.2, 0.25) is 0 Å². The Morgan fingerprint density at radius 1 is 1.17 bits per heavy atom. The van der Waals surface area contributed by atoms with Crippen molar-refractivity contribution in [3.63, 3.8) is 0 Å². The molecule has 1 aliphatic heterocycles. The molecule has 1 amide bonds. The van der Waals surface area contributed by atoms with Gasteiger partial charge in [-0.2, -0.15) is 0 Å². The molecule has 3 aromatic rings. The van der Waals surface area contributed by atoms with Gasteiger partial charge in [-0.05, 0) is 36.5 Å². The quantitative estimate of drug-likeness (QED) is 0.707. The van der Waals surface area contributed by atoms with E-state index in [0.29, 0.717) is 24.4 Å². The Bertz CT molecular complexity index is 1080. The van der Waals surface area contributed by atoms with Crippen LogP contribution in [-0.4, -0.2) is 43.1 Å². The van der Waals surface area contributed by atoms with Crippen molar-refractivity contribution in [3.05, 3.63) is 65.4 Å². The Kier molecular flexibility index (Phi) is 4.75. The first kappa shape index (κ1) is 18.8. The first-order valence-electron chi connectivity index (χ1n) is 10.3. The van der Waals surface area contributed by atoms with Crippen LogP contribution in [0.4, 0.5) is 0 Å². The number of carbonyl (C=O) groups excluding carboxylic acids is 1. The van der Waals surface area contributed by atoms with Crippen molar-refractivity contribution in [2.24, 2.45) is 7.05 Å². The fraction of sp³-hybridized carbons (Fsp3) is 0.348. The fourth-order valence-corrected chi connectivity index (χ4v) is 4.30. The average Bonchev–Trinajstić information content (AvgIpc) is 3.44. The zero-order valence-corrected chi connectivity index (χ0v) is 16.9. The number of rotatable bonds is 5. The summed E-state index contributed by atoms with van der Waals surface area (Å²) in [7, 11) is 1.84. The van der Waals surface area contributed by atoms with Gasteiger partial charge in [0.25, 0.3) is 5.91 Å². The van der Waals surface area contributed by atoms with Crippen LogP contribution in [0.25, 0.3) is 11.3 Å². The van der Waals surface area contributed by atoms with E-state index in [-0.39, 0.29) is 12.0 Å². The van der Waals surface area contributed by atoms with Crippen molar-refractivity contribution in [2.45, 2.75) is 44.6 Å². The Morgan fingerprint density at radius 3 is 2.70 bits per heavy atom. The standard InChI is InChI=1S/C23H24N4O3/c1-26-14-18(24-25-26)16-10-8-15(9-11-16)12-27-13-17-4-2-7-21(22(17)23(27)29)30-20-6-3-5-19(20)28/h2,4,7-11,14,19-20,28H,3,5-6,12-13H2,1H3/t19-,20-/m1/s1. The van der Waals surface area contributed by atoms with E-state index in [9.17, 15) is 9.90 Å². The zero-order valence-electron chi connectivity index (χ0n) is 16.9. The molecule has 2 atom stereocenters. The normalized spacial score (nSPS) is 20.6. The highest BCUT2D eigenvalue weighted by Crippen LogP contribution is 2.34. The molecule has 5 rings (SSSR count). The summed E-state index contributed by atoms with van der Waals surface area (Å²) in [5, 5.41) is 18.2. The second-order valence-electron chi connectivity index (χ2n) is 8.08. The second-order valence-corrected chi connectivity index (χ2v) is 8.08. The average molecular weight is 404 g/mol. The summed E-state index contributed by atoms with van der Waals surface area (Å²) in [5.74, 6) is 0.565. The van der Waals surface area contributed by atoms with Crippen LogP contribution in [0.15, 0.2) is 48.7 Å². The first-order valence-corrected chi connectivity index (χ1v) is 10.3. The van der Waals surface area contributed by atoms with Gasteiger partial charge < -0.3 is 14.7 Å². The molecule has 7 heteroatoms. The zero-order chi connectivity index (χ0) is 20.7. The molecule has 2 heterocycles. The van der Waals surface area contributed by atoms with E-state index in [1.54, 1.807) is 4.68 Å². The molecule has 0 spiro atoms. The number of aryl methyl sites for hydroxylation is 1. The van der Waals surface area contributed by atoms with E-state index in [1.807, 2.05) is 60.6 Å². The first-order chi connectivity index (χ1) is 14.6. The van der Waals surface area contributed by atoms with E-state index in [4.69, 9.17) is 4.74 Å². The van der Waals surface area contributed by atoms with E-state index in [1.165, 1.54) is 0 Å². The minimum absolute atomic E-state index is 0.0221. The summed E-state index contributed by atoms with van der Waals surface area (Å²) < 4.78 is 7.73. The number of amides is 1. The second kappa shape index (κ2) is 7.57. The third-order valence-electron chi connectivity index (χ3n) is 5.90. The lowest BCUT2D eigenvalue weighted by molar-refractivity contribution is 0.0582. The molecule has 0 saturated heterocycles. The Morgan fingerprint density at radius 2 is 2.00 bits per heavy atom. The van der Waals surface area contributed by atoms with Crippen molar-refractivity contribution < 1.29 is 14.6 Å². The van der Waals surface area contributed by atoms with Crippen LogP contribution >= 0.6 is 0 Å². The highest BCUT2D eigenvalue weighted by molar-refractivity contribution is 6.01. The largest absolute Gasteiger partial charge is 0.487 e. The highest BCUT2D eigenvalue weighted by atomic mass is 16.5. The summed E-state index contributed by atoms with van der Waals surface area (Å²) >= 11 is 0. The molecule has 2 aliphatic rings. The maximum Gasteiger partial charge on any atom is 0.258 e. The third-order valence-corrected chi connectivity index (χ3v) is 5.90. The predicted molar refractivity (Wildman–Crippen MR) is 111 cm³/mol. The number of hydrogen-bond donors (Lipinski definition) is 1. The highest BCUT2D eigenvalue weighted by Gasteiger charge is 2.33. The molecule has 154 valence electrons. The van der Waals surface area contributed by atoms with Gasteiger partial charge in [-0.1, -0.05) is 41.6 Å². The van der Waals surface area contributed by atoms with Gasteiger partial charge in [0.15, 0.2) is 0 Å². The molecule has 1 fully saturated rings. The number of hydrogen-bond acceptors (Lipinski definition) is 5. The fourth-order valence-electron chi connectivity index (χ4n) is 4.30. The smallest absolute Gasteiger partial charge is 0.258 e. The molecule has 1 aliphatic carbocycles. The van der Waals surface area contributed by atoms with Gasteiger partial charge in [0.05, 0.1) is 17.9 Å². The van der Waals surface area contributed by atoms with Crippen LogP contribution in [0.1, 0.15) is 40.7 Å². The van der Waals surface area contributed by atoms with Crippen LogP contribution < -0.4 is 4.74 Å². The van der Waals surface area contributed by atoms with Crippen molar-refractivity contribution in [2.75, 3.05) is 0 Å². The number of aliphatic hydroxyl groups excluding tert-OH is 1. The van der Waals surface area contributed by atoms with E-state index in [2.05, 4.69) is 10.3 Å². The Hall–Kier alpha value is -3.19. The van der Waals surface area contributed by atoms with Gasteiger partial charge in [-0.3, -0.25) is 9.48 Å². The number of carbonyl (C=O) groups is 1. The summed E-state index contributed by atoms with van der Waals surface area (Å²) in [6.45, 7) is 1.09. The minimum atomic E-state index is -0.457. The summed E-state index contributed by atoms with van der Waals surface area (Å²) in [4.78, 5) is 15.0. The number of fused-ring (bicyclic) bond motifs is 1.